The average molecular weight is 431 g/mol. The lowest BCUT2D eigenvalue weighted by Gasteiger charge is -2.20. The molecule has 2 amide bonds. The molecule has 0 spiro atoms. The third-order valence-corrected chi connectivity index (χ3v) is 5.25. The maximum Gasteiger partial charge on any atom is 0.265 e. The van der Waals surface area contributed by atoms with E-state index in [9.17, 15) is 9.59 Å². The summed E-state index contributed by atoms with van der Waals surface area (Å²) in [6.07, 6.45) is -0.717. The van der Waals surface area contributed by atoms with Gasteiger partial charge in [-0.2, -0.15) is 0 Å². The Balaban J connectivity index is 1.66. The van der Waals surface area contributed by atoms with Gasteiger partial charge in [0.25, 0.3) is 11.8 Å². The predicted octanol–water partition coefficient (Wildman–Crippen LogP) is 5.49. The lowest BCUT2D eigenvalue weighted by molar-refractivity contribution is -0.122. The molecule has 0 radical (unpaired) electrons. The third-order valence-electron chi connectivity index (χ3n) is 5.25. The van der Waals surface area contributed by atoms with E-state index in [0.717, 1.165) is 5.56 Å². The Hall–Kier alpha value is -3.60. The first kappa shape index (κ1) is 23.1. The molecular formula is C27H30N2O3. The fourth-order valence-corrected chi connectivity index (χ4v) is 3.34. The molecule has 1 N–H and O–H groups in total. The molecule has 0 aliphatic heterocycles. The van der Waals surface area contributed by atoms with Crippen LogP contribution in [0.5, 0.6) is 5.75 Å². The SMILES string of the molecule is CC(Oc1ccc(C(C)C)cc1)C(=O)Nc1ccccc1C(=O)N(C)Cc1ccccc1. The van der Waals surface area contributed by atoms with E-state index >= 15 is 0 Å². The number of nitrogens with zero attached hydrogens (tertiary/aromatic N) is 1. The van der Waals surface area contributed by atoms with Crippen molar-refractivity contribution >= 4 is 17.5 Å². The van der Waals surface area contributed by atoms with E-state index in [1.807, 2.05) is 54.6 Å². The predicted molar refractivity (Wildman–Crippen MR) is 128 cm³/mol. The Morgan fingerprint density at radius 1 is 0.875 bits per heavy atom. The van der Waals surface area contributed by atoms with Crippen molar-refractivity contribution in [1.82, 2.24) is 4.90 Å². The van der Waals surface area contributed by atoms with Gasteiger partial charge in [0, 0.05) is 13.6 Å². The molecule has 0 saturated carbocycles. The number of hydrogen-bond donors (Lipinski definition) is 1. The molecule has 1 atom stereocenters. The van der Waals surface area contributed by atoms with Gasteiger partial charge in [-0.1, -0.05) is 68.4 Å². The maximum atomic E-state index is 13.0. The minimum Gasteiger partial charge on any atom is -0.481 e. The van der Waals surface area contributed by atoms with Gasteiger partial charge in [0.15, 0.2) is 6.10 Å². The minimum absolute atomic E-state index is 0.164. The van der Waals surface area contributed by atoms with Gasteiger partial charge in [-0.05, 0) is 48.2 Å². The molecule has 3 rings (SSSR count). The number of carbonyl (C=O) groups is 2. The number of carbonyl (C=O) groups excluding carboxylic acids is 2. The van der Waals surface area contributed by atoms with Crippen molar-refractivity contribution in [2.45, 2.75) is 39.3 Å². The van der Waals surface area contributed by atoms with Crippen molar-refractivity contribution in [2.24, 2.45) is 0 Å². The highest BCUT2D eigenvalue weighted by Gasteiger charge is 2.20. The Kier molecular flexibility index (Phi) is 7.66. The van der Waals surface area contributed by atoms with E-state index in [-0.39, 0.29) is 11.8 Å². The smallest absolute Gasteiger partial charge is 0.265 e. The molecule has 1 unspecified atom stereocenters. The first-order valence-corrected chi connectivity index (χ1v) is 10.8. The summed E-state index contributed by atoms with van der Waals surface area (Å²) >= 11 is 0. The molecule has 3 aromatic rings. The molecule has 0 fully saturated rings. The summed E-state index contributed by atoms with van der Waals surface area (Å²) < 4.78 is 5.80. The van der Waals surface area contributed by atoms with Crippen LogP contribution in [0.2, 0.25) is 0 Å². The van der Waals surface area contributed by atoms with Crippen LogP contribution < -0.4 is 10.1 Å². The highest BCUT2D eigenvalue weighted by molar-refractivity contribution is 6.04. The Morgan fingerprint density at radius 2 is 1.50 bits per heavy atom. The zero-order valence-corrected chi connectivity index (χ0v) is 19.0. The van der Waals surface area contributed by atoms with Crippen LogP contribution in [0.25, 0.3) is 0 Å². The van der Waals surface area contributed by atoms with E-state index in [2.05, 4.69) is 19.2 Å². The summed E-state index contributed by atoms with van der Waals surface area (Å²) in [5.74, 6) is 0.578. The molecule has 0 bridgehead atoms. The van der Waals surface area contributed by atoms with Crippen LogP contribution in [0.1, 0.15) is 48.2 Å². The number of para-hydroxylation sites is 1. The molecule has 32 heavy (non-hydrogen) atoms. The molecule has 0 heterocycles. The number of rotatable bonds is 8. The molecular weight excluding hydrogens is 400 g/mol. The minimum atomic E-state index is -0.717. The van der Waals surface area contributed by atoms with Crippen LogP contribution in [0.15, 0.2) is 78.9 Å². The van der Waals surface area contributed by atoms with Gasteiger partial charge in [-0.3, -0.25) is 9.59 Å². The van der Waals surface area contributed by atoms with Crippen LogP contribution in [0, 0.1) is 0 Å². The van der Waals surface area contributed by atoms with Crippen molar-refractivity contribution in [3.05, 3.63) is 95.6 Å². The lowest BCUT2D eigenvalue weighted by Crippen LogP contribution is -2.32. The normalized spacial score (nSPS) is 11.7. The molecule has 3 aromatic carbocycles. The van der Waals surface area contributed by atoms with Gasteiger partial charge < -0.3 is 15.0 Å². The first-order chi connectivity index (χ1) is 15.3. The Labute approximate surface area is 190 Å². The van der Waals surface area contributed by atoms with Crippen LogP contribution in [-0.4, -0.2) is 29.9 Å². The third kappa shape index (κ3) is 5.97. The summed E-state index contributed by atoms with van der Waals surface area (Å²) in [6, 6.07) is 24.6. The first-order valence-electron chi connectivity index (χ1n) is 10.8. The molecule has 5 heteroatoms. The number of benzene rings is 3. The standard InChI is InChI=1S/C27H30N2O3/c1-19(2)22-14-16-23(17-15-22)32-20(3)26(30)28-25-13-9-8-12-24(25)27(31)29(4)18-21-10-6-5-7-11-21/h5-17,19-20H,18H2,1-4H3,(H,28,30). The summed E-state index contributed by atoms with van der Waals surface area (Å²) in [6.45, 7) is 6.43. The van der Waals surface area contributed by atoms with E-state index in [0.29, 0.717) is 29.5 Å². The Bertz CT molecular complexity index is 1050. The highest BCUT2D eigenvalue weighted by atomic mass is 16.5. The molecule has 5 nitrogen and oxygen atoms in total. The van der Waals surface area contributed by atoms with Crippen molar-refractivity contribution in [3.63, 3.8) is 0 Å². The van der Waals surface area contributed by atoms with E-state index in [1.54, 1.807) is 43.1 Å². The topological polar surface area (TPSA) is 58.6 Å². The number of nitrogens with one attached hydrogen (secondary N) is 1. The summed E-state index contributed by atoms with van der Waals surface area (Å²) in [5, 5.41) is 2.85. The summed E-state index contributed by atoms with van der Waals surface area (Å²) in [5.41, 5.74) is 3.15. The number of anilines is 1. The van der Waals surface area contributed by atoms with Gasteiger partial charge in [0.1, 0.15) is 5.75 Å². The van der Waals surface area contributed by atoms with Gasteiger partial charge >= 0.3 is 0 Å². The van der Waals surface area contributed by atoms with E-state index < -0.39 is 6.10 Å². The van der Waals surface area contributed by atoms with Crippen molar-refractivity contribution < 1.29 is 14.3 Å². The van der Waals surface area contributed by atoms with Gasteiger partial charge in [0.05, 0.1) is 11.3 Å². The molecule has 0 aliphatic carbocycles. The summed E-state index contributed by atoms with van der Waals surface area (Å²) in [4.78, 5) is 27.4. The second kappa shape index (κ2) is 10.6. The largest absolute Gasteiger partial charge is 0.481 e. The zero-order chi connectivity index (χ0) is 23.1. The quantitative estimate of drug-likeness (QED) is 0.514. The van der Waals surface area contributed by atoms with Crippen LogP contribution in [-0.2, 0) is 11.3 Å². The second-order valence-corrected chi connectivity index (χ2v) is 8.17. The molecule has 0 saturated heterocycles. The van der Waals surface area contributed by atoms with E-state index in [4.69, 9.17) is 4.74 Å². The number of hydrogen-bond acceptors (Lipinski definition) is 3. The average Bonchev–Trinajstić information content (AvgIpc) is 2.80. The van der Waals surface area contributed by atoms with Gasteiger partial charge in [0.2, 0.25) is 0 Å². The van der Waals surface area contributed by atoms with Crippen LogP contribution >= 0.6 is 0 Å². The maximum absolute atomic E-state index is 13.0. The van der Waals surface area contributed by atoms with Gasteiger partial charge in [-0.25, -0.2) is 0 Å². The zero-order valence-electron chi connectivity index (χ0n) is 19.0. The molecule has 0 aliphatic rings. The van der Waals surface area contributed by atoms with Crippen molar-refractivity contribution in [1.29, 1.82) is 0 Å². The van der Waals surface area contributed by atoms with E-state index in [1.165, 1.54) is 5.56 Å². The van der Waals surface area contributed by atoms with Crippen molar-refractivity contribution in [3.8, 4) is 5.75 Å². The van der Waals surface area contributed by atoms with Crippen LogP contribution in [0.4, 0.5) is 5.69 Å². The fraction of sp³-hybridized carbons (Fsp3) is 0.259. The number of ether oxygens (including phenoxy) is 1. The molecule has 0 aromatic heterocycles. The van der Waals surface area contributed by atoms with Gasteiger partial charge in [-0.15, -0.1) is 0 Å². The second-order valence-electron chi connectivity index (χ2n) is 8.17. The highest BCUT2D eigenvalue weighted by Crippen LogP contribution is 2.21. The monoisotopic (exact) mass is 430 g/mol. The number of amides is 2. The molecule has 166 valence electrons. The van der Waals surface area contributed by atoms with Crippen LogP contribution in [0.3, 0.4) is 0 Å². The summed E-state index contributed by atoms with van der Waals surface area (Å²) in [7, 11) is 1.75. The van der Waals surface area contributed by atoms with Crippen molar-refractivity contribution in [2.75, 3.05) is 12.4 Å². The fourth-order valence-electron chi connectivity index (χ4n) is 3.34. The Morgan fingerprint density at radius 3 is 2.16 bits per heavy atom. The lowest BCUT2D eigenvalue weighted by atomic mass is 10.0.